The largest absolute Gasteiger partial charge is 0.496 e. The number of nitrogens with one attached hydrogen (secondary N) is 1. The maximum Gasteiger partial charge on any atom is 0.258 e. The van der Waals surface area contributed by atoms with E-state index in [4.69, 9.17) is 21.1 Å². The van der Waals surface area contributed by atoms with Gasteiger partial charge >= 0.3 is 0 Å². The summed E-state index contributed by atoms with van der Waals surface area (Å²) in [6.07, 6.45) is 0. The van der Waals surface area contributed by atoms with Crippen LogP contribution in [-0.4, -0.2) is 19.6 Å². The predicted molar refractivity (Wildman–Crippen MR) is 107 cm³/mol. The lowest BCUT2D eigenvalue weighted by molar-refractivity contribution is -0.123. The molecule has 0 saturated heterocycles. The molecule has 1 amide bonds. The molecule has 3 aromatic rings. The van der Waals surface area contributed by atoms with Gasteiger partial charge in [-0.15, -0.1) is 0 Å². The molecule has 0 heterocycles. The molecule has 0 aliphatic heterocycles. The number of methoxy groups -OCH3 is 1. The Morgan fingerprint density at radius 1 is 0.926 bits per heavy atom. The van der Waals surface area contributed by atoms with E-state index in [1.165, 1.54) is 0 Å². The van der Waals surface area contributed by atoms with Gasteiger partial charge in [-0.05, 0) is 29.3 Å². The monoisotopic (exact) mass is 381 g/mol. The topological polar surface area (TPSA) is 47.6 Å². The minimum Gasteiger partial charge on any atom is -0.496 e. The molecule has 0 aliphatic rings. The summed E-state index contributed by atoms with van der Waals surface area (Å²) in [6, 6.07) is 23.0. The Morgan fingerprint density at radius 3 is 2.41 bits per heavy atom. The van der Waals surface area contributed by atoms with Crippen LogP contribution in [0.2, 0.25) is 5.02 Å². The third-order valence-electron chi connectivity index (χ3n) is 4.07. The van der Waals surface area contributed by atoms with Crippen LogP contribution in [0.1, 0.15) is 5.56 Å². The molecule has 1 N–H and O–H groups in total. The molecule has 138 valence electrons. The summed E-state index contributed by atoms with van der Waals surface area (Å²) in [4.78, 5) is 12.1. The minimum atomic E-state index is -0.232. The van der Waals surface area contributed by atoms with E-state index in [2.05, 4.69) is 5.32 Å². The quantitative estimate of drug-likeness (QED) is 0.644. The highest BCUT2D eigenvalue weighted by Gasteiger charge is 2.09. The van der Waals surface area contributed by atoms with Crippen molar-refractivity contribution >= 4 is 17.5 Å². The third-order valence-corrected chi connectivity index (χ3v) is 4.36. The van der Waals surface area contributed by atoms with Crippen LogP contribution in [0.3, 0.4) is 0 Å². The van der Waals surface area contributed by atoms with Gasteiger partial charge in [-0.1, -0.05) is 66.2 Å². The van der Waals surface area contributed by atoms with Gasteiger partial charge < -0.3 is 14.8 Å². The molecule has 0 aliphatic carbocycles. The molecule has 0 bridgehead atoms. The van der Waals surface area contributed by atoms with Crippen molar-refractivity contribution in [3.63, 3.8) is 0 Å². The van der Waals surface area contributed by atoms with Crippen LogP contribution >= 0.6 is 11.6 Å². The standard InChI is InChI=1S/C22H20ClNO3/c1-26-20-10-6-5-9-18(20)14-24-22(25)15-27-21-12-11-17(13-19(21)23)16-7-3-2-4-8-16/h2-13H,14-15H2,1H3,(H,24,25). The maximum atomic E-state index is 12.1. The molecule has 3 rings (SSSR count). The number of carbonyl (C=O) groups excluding carboxylic acids is 1. The van der Waals surface area contributed by atoms with Gasteiger partial charge in [0.25, 0.3) is 5.91 Å². The number of halogens is 1. The molecule has 0 aromatic heterocycles. The highest BCUT2D eigenvalue weighted by molar-refractivity contribution is 6.32. The van der Waals surface area contributed by atoms with Crippen molar-refractivity contribution in [3.8, 4) is 22.6 Å². The van der Waals surface area contributed by atoms with Gasteiger partial charge in [-0.2, -0.15) is 0 Å². The van der Waals surface area contributed by atoms with Crippen LogP contribution in [0.25, 0.3) is 11.1 Å². The van der Waals surface area contributed by atoms with Crippen molar-refractivity contribution in [2.75, 3.05) is 13.7 Å². The molecule has 0 spiro atoms. The second-order valence-electron chi connectivity index (χ2n) is 5.89. The SMILES string of the molecule is COc1ccccc1CNC(=O)COc1ccc(-c2ccccc2)cc1Cl. The van der Waals surface area contributed by atoms with Crippen LogP contribution in [0, 0.1) is 0 Å². The molecule has 0 fully saturated rings. The van der Waals surface area contributed by atoms with Crippen LogP contribution in [0.5, 0.6) is 11.5 Å². The molecule has 0 radical (unpaired) electrons. The second-order valence-corrected chi connectivity index (χ2v) is 6.30. The van der Waals surface area contributed by atoms with Crippen molar-refractivity contribution in [3.05, 3.63) is 83.4 Å². The van der Waals surface area contributed by atoms with Gasteiger partial charge in [-0.25, -0.2) is 0 Å². The lowest BCUT2D eigenvalue weighted by Crippen LogP contribution is -2.28. The summed E-state index contributed by atoms with van der Waals surface area (Å²) in [5.41, 5.74) is 2.97. The second kappa shape index (κ2) is 9.10. The number of para-hydroxylation sites is 1. The molecule has 0 saturated carbocycles. The number of amides is 1. The molecular weight excluding hydrogens is 362 g/mol. The smallest absolute Gasteiger partial charge is 0.258 e. The first-order chi connectivity index (χ1) is 13.2. The molecule has 3 aromatic carbocycles. The fourth-order valence-electron chi connectivity index (χ4n) is 2.67. The first kappa shape index (κ1) is 18.8. The molecular formula is C22H20ClNO3. The highest BCUT2D eigenvalue weighted by atomic mass is 35.5. The van der Waals surface area contributed by atoms with E-state index in [9.17, 15) is 4.79 Å². The summed E-state index contributed by atoms with van der Waals surface area (Å²) in [5, 5.41) is 3.28. The van der Waals surface area contributed by atoms with E-state index >= 15 is 0 Å². The van der Waals surface area contributed by atoms with E-state index in [-0.39, 0.29) is 12.5 Å². The Bertz CT molecular complexity index is 912. The molecule has 0 unspecified atom stereocenters. The number of rotatable bonds is 7. The van der Waals surface area contributed by atoms with Crippen LogP contribution < -0.4 is 14.8 Å². The lowest BCUT2D eigenvalue weighted by atomic mass is 10.1. The van der Waals surface area contributed by atoms with Crippen molar-refractivity contribution in [1.82, 2.24) is 5.32 Å². The number of benzene rings is 3. The van der Waals surface area contributed by atoms with Gasteiger partial charge in [0, 0.05) is 12.1 Å². The number of hydrogen-bond acceptors (Lipinski definition) is 3. The Hall–Kier alpha value is -2.98. The molecule has 4 nitrogen and oxygen atoms in total. The van der Waals surface area contributed by atoms with Gasteiger partial charge in [0.05, 0.1) is 12.1 Å². The van der Waals surface area contributed by atoms with Gasteiger partial charge in [-0.3, -0.25) is 4.79 Å². The van der Waals surface area contributed by atoms with Crippen LogP contribution in [0.4, 0.5) is 0 Å². The fourth-order valence-corrected chi connectivity index (χ4v) is 2.90. The van der Waals surface area contributed by atoms with E-state index in [0.29, 0.717) is 17.3 Å². The van der Waals surface area contributed by atoms with E-state index in [1.54, 1.807) is 13.2 Å². The number of ether oxygens (including phenoxy) is 2. The zero-order valence-electron chi connectivity index (χ0n) is 14.9. The Kier molecular flexibility index (Phi) is 6.34. The highest BCUT2D eigenvalue weighted by Crippen LogP contribution is 2.30. The van der Waals surface area contributed by atoms with Gasteiger partial charge in [0.1, 0.15) is 11.5 Å². The van der Waals surface area contributed by atoms with Crippen LogP contribution in [0.15, 0.2) is 72.8 Å². The van der Waals surface area contributed by atoms with Crippen molar-refractivity contribution in [2.24, 2.45) is 0 Å². The first-order valence-electron chi connectivity index (χ1n) is 8.54. The Morgan fingerprint density at radius 2 is 1.67 bits per heavy atom. The van der Waals surface area contributed by atoms with Crippen molar-refractivity contribution < 1.29 is 14.3 Å². The predicted octanol–water partition coefficient (Wildman–Crippen LogP) is 4.71. The average molecular weight is 382 g/mol. The van der Waals surface area contributed by atoms with Gasteiger partial charge in [0.2, 0.25) is 0 Å². The van der Waals surface area contributed by atoms with Gasteiger partial charge in [0.15, 0.2) is 6.61 Å². The average Bonchev–Trinajstić information content (AvgIpc) is 2.72. The normalized spacial score (nSPS) is 10.3. The van der Waals surface area contributed by atoms with E-state index in [1.807, 2.05) is 66.7 Å². The number of hydrogen-bond donors (Lipinski definition) is 1. The number of carbonyl (C=O) groups is 1. The molecule has 0 atom stereocenters. The summed E-state index contributed by atoms with van der Waals surface area (Å²) < 4.78 is 10.8. The lowest BCUT2D eigenvalue weighted by Gasteiger charge is -2.11. The summed E-state index contributed by atoms with van der Waals surface area (Å²) in [5.74, 6) is 0.978. The minimum absolute atomic E-state index is 0.112. The first-order valence-corrected chi connectivity index (χ1v) is 8.91. The van der Waals surface area contributed by atoms with Crippen LogP contribution in [-0.2, 0) is 11.3 Å². The zero-order valence-corrected chi connectivity index (χ0v) is 15.7. The van der Waals surface area contributed by atoms with Crippen molar-refractivity contribution in [1.29, 1.82) is 0 Å². The molecule has 5 heteroatoms. The van der Waals surface area contributed by atoms with E-state index < -0.39 is 0 Å². The third kappa shape index (κ3) is 5.02. The Balaban J connectivity index is 1.56. The summed E-state index contributed by atoms with van der Waals surface area (Å²) in [6.45, 7) is 0.256. The summed E-state index contributed by atoms with van der Waals surface area (Å²) in [7, 11) is 1.60. The van der Waals surface area contributed by atoms with E-state index in [0.717, 1.165) is 22.4 Å². The maximum absolute atomic E-state index is 12.1. The molecule has 27 heavy (non-hydrogen) atoms. The Labute approximate surface area is 163 Å². The summed E-state index contributed by atoms with van der Waals surface area (Å²) >= 11 is 6.30. The van der Waals surface area contributed by atoms with Crippen molar-refractivity contribution in [2.45, 2.75) is 6.54 Å². The fraction of sp³-hybridized carbons (Fsp3) is 0.136. The zero-order chi connectivity index (χ0) is 19.1.